The Balaban J connectivity index is 1.54. The zero-order valence-corrected chi connectivity index (χ0v) is 17.7. The van der Waals surface area contributed by atoms with Crippen molar-refractivity contribution >= 4 is 46.4 Å². The summed E-state index contributed by atoms with van der Waals surface area (Å²) in [6.07, 6.45) is 1.33. The van der Waals surface area contributed by atoms with Crippen LogP contribution in [0.5, 0.6) is 0 Å². The summed E-state index contributed by atoms with van der Waals surface area (Å²) in [5.41, 5.74) is -1.17. The summed E-state index contributed by atoms with van der Waals surface area (Å²) in [6, 6.07) is 7.27. The highest BCUT2D eigenvalue weighted by Crippen LogP contribution is 2.60. The zero-order chi connectivity index (χ0) is 23.2. The molecule has 0 aliphatic carbocycles. The lowest BCUT2D eigenvalue weighted by Crippen LogP contribution is -2.54. The summed E-state index contributed by atoms with van der Waals surface area (Å²) in [7, 11) is 0. The predicted octanol–water partition coefficient (Wildman–Crippen LogP) is 2.82. The Morgan fingerprint density at radius 3 is 2.70 bits per heavy atom. The van der Waals surface area contributed by atoms with Crippen LogP contribution in [0.15, 0.2) is 36.4 Å². The molecular formula is C22H16ClFN4O5. The molecule has 4 aliphatic rings. The van der Waals surface area contributed by atoms with Crippen LogP contribution in [0.2, 0.25) is 5.02 Å². The molecule has 3 fully saturated rings. The molecule has 4 unspecified atom stereocenters. The second-order valence-corrected chi connectivity index (χ2v) is 9.13. The normalized spacial score (nSPS) is 30.1. The molecule has 6 rings (SSSR count). The summed E-state index contributed by atoms with van der Waals surface area (Å²) in [5, 5.41) is 14.0. The monoisotopic (exact) mass is 470 g/mol. The van der Waals surface area contributed by atoms with E-state index in [0.29, 0.717) is 24.2 Å². The van der Waals surface area contributed by atoms with E-state index in [1.807, 2.05) is 4.90 Å². The standard InChI is InChI=1S/C22H16ClFN4O5/c23-13-5-4-11(9-16(13)28(32)33)27-19(29)17-15-2-1-7-26(15)22(18(17)20(27)30)12-8-10(24)3-6-14(12)25-21(22)31/h3-6,8-9,15,17-18H,1-2,7H2,(H,25,31). The number of rotatable bonds is 2. The van der Waals surface area contributed by atoms with Crippen LogP contribution in [0.3, 0.4) is 0 Å². The molecule has 0 bridgehead atoms. The van der Waals surface area contributed by atoms with Crippen molar-refractivity contribution in [1.29, 1.82) is 0 Å². The average molecular weight is 471 g/mol. The number of carbonyl (C=O) groups is 3. The summed E-state index contributed by atoms with van der Waals surface area (Å²) < 4.78 is 14.3. The number of amides is 3. The third-order valence-electron chi connectivity index (χ3n) is 7.34. The molecule has 4 aliphatic heterocycles. The van der Waals surface area contributed by atoms with Gasteiger partial charge in [-0.05, 0) is 49.7 Å². The van der Waals surface area contributed by atoms with Gasteiger partial charge in [0.2, 0.25) is 17.7 Å². The van der Waals surface area contributed by atoms with Crippen LogP contribution in [0.1, 0.15) is 18.4 Å². The van der Waals surface area contributed by atoms with Gasteiger partial charge < -0.3 is 5.32 Å². The molecule has 33 heavy (non-hydrogen) atoms. The predicted molar refractivity (Wildman–Crippen MR) is 114 cm³/mol. The van der Waals surface area contributed by atoms with E-state index in [4.69, 9.17) is 11.6 Å². The van der Waals surface area contributed by atoms with Crippen LogP contribution in [0, 0.1) is 27.8 Å². The van der Waals surface area contributed by atoms with E-state index >= 15 is 0 Å². The molecule has 3 saturated heterocycles. The van der Waals surface area contributed by atoms with Crippen LogP contribution in [0.25, 0.3) is 0 Å². The molecule has 168 valence electrons. The van der Waals surface area contributed by atoms with E-state index in [-0.39, 0.29) is 16.8 Å². The first-order valence-electron chi connectivity index (χ1n) is 10.5. The molecular weight excluding hydrogens is 455 g/mol. The minimum absolute atomic E-state index is 0.0214. The number of nitro benzene ring substituents is 1. The molecule has 0 saturated carbocycles. The first kappa shape index (κ1) is 20.3. The molecule has 9 nitrogen and oxygen atoms in total. The van der Waals surface area contributed by atoms with Crippen molar-refractivity contribution in [2.24, 2.45) is 11.8 Å². The number of nitrogens with one attached hydrogen (secondary N) is 1. The van der Waals surface area contributed by atoms with Gasteiger partial charge in [-0.2, -0.15) is 0 Å². The Kier molecular flexibility index (Phi) is 4.04. The van der Waals surface area contributed by atoms with E-state index in [9.17, 15) is 28.9 Å². The number of nitrogens with zero attached hydrogens (tertiary/aromatic N) is 3. The SMILES string of the molecule is O=C1C2C3CCCN3C3(C(=O)Nc4ccc(F)cc43)C2C(=O)N1c1ccc(Cl)c([N+](=O)[O-])c1. The molecule has 2 aromatic carbocycles. The summed E-state index contributed by atoms with van der Waals surface area (Å²) >= 11 is 5.90. The maximum atomic E-state index is 14.3. The number of imide groups is 1. The van der Waals surface area contributed by atoms with Crippen molar-refractivity contribution in [1.82, 2.24) is 4.90 Å². The third kappa shape index (κ3) is 2.37. The van der Waals surface area contributed by atoms with Crippen molar-refractivity contribution in [3.63, 3.8) is 0 Å². The van der Waals surface area contributed by atoms with Gasteiger partial charge in [0.05, 0.1) is 22.4 Å². The molecule has 1 spiro atoms. The number of hydrogen-bond acceptors (Lipinski definition) is 6. The first-order chi connectivity index (χ1) is 15.8. The Bertz CT molecular complexity index is 1300. The van der Waals surface area contributed by atoms with Gasteiger partial charge in [-0.15, -0.1) is 0 Å². The van der Waals surface area contributed by atoms with E-state index in [0.717, 1.165) is 17.4 Å². The van der Waals surface area contributed by atoms with E-state index in [1.165, 1.54) is 30.3 Å². The number of anilines is 2. The molecule has 11 heteroatoms. The number of nitro groups is 1. The van der Waals surface area contributed by atoms with Crippen molar-refractivity contribution < 1.29 is 23.7 Å². The van der Waals surface area contributed by atoms with E-state index < -0.39 is 51.5 Å². The largest absolute Gasteiger partial charge is 0.324 e. The number of fused-ring (bicyclic) bond motifs is 7. The van der Waals surface area contributed by atoms with Crippen LogP contribution in [-0.4, -0.2) is 40.1 Å². The lowest BCUT2D eigenvalue weighted by molar-refractivity contribution is -0.384. The molecule has 1 N–H and O–H groups in total. The van der Waals surface area contributed by atoms with Gasteiger partial charge in [0.1, 0.15) is 16.4 Å². The third-order valence-corrected chi connectivity index (χ3v) is 7.66. The highest BCUT2D eigenvalue weighted by Gasteiger charge is 2.74. The Labute approximate surface area is 191 Å². The van der Waals surface area contributed by atoms with E-state index in [2.05, 4.69) is 5.32 Å². The number of halogens is 2. The lowest BCUT2D eigenvalue weighted by atomic mass is 9.75. The number of hydrogen-bond donors (Lipinski definition) is 1. The number of benzene rings is 2. The van der Waals surface area contributed by atoms with Crippen LogP contribution < -0.4 is 10.2 Å². The maximum Gasteiger partial charge on any atom is 0.289 e. The molecule has 3 amide bonds. The van der Waals surface area contributed by atoms with Gasteiger partial charge in [-0.25, -0.2) is 9.29 Å². The Morgan fingerprint density at radius 1 is 1.15 bits per heavy atom. The second kappa shape index (κ2) is 6.58. The molecule has 4 atom stereocenters. The molecule has 4 heterocycles. The molecule has 0 radical (unpaired) electrons. The van der Waals surface area contributed by atoms with Crippen molar-refractivity contribution in [2.75, 3.05) is 16.8 Å². The number of carbonyl (C=O) groups excluding carboxylic acids is 3. The molecule has 0 aromatic heterocycles. The smallest absolute Gasteiger partial charge is 0.289 e. The minimum Gasteiger partial charge on any atom is -0.324 e. The highest BCUT2D eigenvalue weighted by molar-refractivity contribution is 6.33. The van der Waals surface area contributed by atoms with E-state index in [1.54, 1.807) is 0 Å². The van der Waals surface area contributed by atoms with Gasteiger partial charge in [0.25, 0.3) is 5.69 Å². The average Bonchev–Trinajstić information content (AvgIpc) is 3.47. The van der Waals surface area contributed by atoms with Gasteiger partial charge >= 0.3 is 0 Å². The molecule has 2 aromatic rings. The van der Waals surface area contributed by atoms with Gasteiger partial charge in [-0.1, -0.05) is 11.6 Å². The van der Waals surface area contributed by atoms with Gasteiger partial charge in [-0.3, -0.25) is 29.4 Å². The Hall–Kier alpha value is -3.37. The Morgan fingerprint density at radius 2 is 1.94 bits per heavy atom. The quantitative estimate of drug-likeness (QED) is 0.410. The highest BCUT2D eigenvalue weighted by atomic mass is 35.5. The summed E-state index contributed by atoms with van der Waals surface area (Å²) in [5.74, 6) is -4.07. The van der Waals surface area contributed by atoms with Crippen molar-refractivity contribution in [2.45, 2.75) is 24.4 Å². The van der Waals surface area contributed by atoms with Crippen molar-refractivity contribution in [3.05, 3.63) is 62.9 Å². The fourth-order valence-corrected chi connectivity index (χ4v) is 6.40. The van der Waals surface area contributed by atoms with Crippen molar-refractivity contribution in [3.8, 4) is 0 Å². The maximum absolute atomic E-state index is 14.3. The first-order valence-corrected chi connectivity index (χ1v) is 10.8. The fraction of sp³-hybridized carbons (Fsp3) is 0.318. The van der Waals surface area contributed by atoms with Crippen LogP contribution >= 0.6 is 11.6 Å². The lowest BCUT2D eigenvalue weighted by Gasteiger charge is -2.36. The van der Waals surface area contributed by atoms with Gasteiger partial charge in [0, 0.05) is 23.4 Å². The van der Waals surface area contributed by atoms with Gasteiger partial charge in [0.15, 0.2) is 0 Å². The fourth-order valence-electron chi connectivity index (χ4n) is 6.21. The topological polar surface area (TPSA) is 113 Å². The minimum atomic E-state index is -1.51. The zero-order valence-electron chi connectivity index (χ0n) is 17.0. The van der Waals surface area contributed by atoms with Crippen LogP contribution in [-0.2, 0) is 19.9 Å². The van der Waals surface area contributed by atoms with Crippen LogP contribution in [0.4, 0.5) is 21.5 Å². The summed E-state index contributed by atoms with van der Waals surface area (Å²) in [6.45, 7) is 0.494. The second-order valence-electron chi connectivity index (χ2n) is 8.72. The summed E-state index contributed by atoms with van der Waals surface area (Å²) in [4.78, 5) is 54.3.